The maximum absolute atomic E-state index is 12.1. The van der Waals surface area contributed by atoms with Gasteiger partial charge in [-0.15, -0.1) is 0 Å². The van der Waals surface area contributed by atoms with Gasteiger partial charge in [-0.25, -0.2) is 0 Å². The fraction of sp³-hybridized carbons (Fsp3) is 0.0588. The molecule has 0 unspecified atom stereocenters. The van der Waals surface area contributed by atoms with Crippen molar-refractivity contribution in [3.05, 3.63) is 71.9 Å². The summed E-state index contributed by atoms with van der Waals surface area (Å²) in [6.45, 7) is 0.339. The maximum Gasteiger partial charge on any atom is 0.294 e. The van der Waals surface area contributed by atoms with Crippen LogP contribution in [0.4, 0.5) is 0 Å². The summed E-state index contributed by atoms with van der Waals surface area (Å²) >= 11 is 0. The summed E-state index contributed by atoms with van der Waals surface area (Å²) < 4.78 is 0. The Morgan fingerprint density at radius 1 is 0.952 bits per heavy atom. The summed E-state index contributed by atoms with van der Waals surface area (Å²) in [5.74, 6) is -1.16. The maximum atomic E-state index is 12.1. The van der Waals surface area contributed by atoms with Crippen molar-refractivity contribution in [2.45, 2.75) is 6.54 Å². The Hall–Kier alpha value is -2.88. The third-order valence-corrected chi connectivity index (χ3v) is 3.28. The highest BCUT2D eigenvalue weighted by atomic mass is 16.2. The van der Waals surface area contributed by atoms with Crippen molar-refractivity contribution in [3.8, 4) is 0 Å². The Bertz CT molecular complexity index is 758. The molecule has 104 valence electrons. The normalized spacial score (nSPS) is 10.5. The Morgan fingerprint density at radius 2 is 1.67 bits per heavy atom. The number of ketones is 1. The van der Waals surface area contributed by atoms with Crippen LogP contribution in [-0.2, 0) is 11.3 Å². The molecule has 0 aliphatic heterocycles. The SMILES string of the molecule is O=C(NCc1ccccc1)C(=O)c1cc2ccccc2[nH]1. The topological polar surface area (TPSA) is 62.0 Å². The molecular weight excluding hydrogens is 264 g/mol. The van der Waals surface area contributed by atoms with E-state index in [0.29, 0.717) is 12.2 Å². The molecule has 0 saturated heterocycles. The van der Waals surface area contributed by atoms with Gasteiger partial charge < -0.3 is 10.3 Å². The number of aromatic amines is 1. The predicted molar refractivity (Wildman–Crippen MR) is 80.9 cm³/mol. The molecule has 0 aliphatic carbocycles. The van der Waals surface area contributed by atoms with Gasteiger partial charge in [-0.3, -0.25) is 9.59 Å². The number of nitrogens with one attached hydrogen (secondary N) is 2. The van der Waals surface area contributed by atoms with Gasteiger partial charge in [-0.05, 0) is 17.7 Å². The zero-order valence-corrected chi connectivity index (χ0v) is 11.3. The number of hydrogen-bond acceptors (Lipinski definition) is 2. The van der Waals surface area contributed by atoms with Crippen molar-refractivity contribution in [2.75, 3.05) is 0 Å². The predicted octanol–water partition coefficient (Wildman–Crippen LogP) is 2.67. The number of Topliss-reactive ketones (excluding diaryl/α,β-unsaturated/α-hetero) is 1. The van der Waals surface area contributed by atoms with Gasteiger partial charge in [-0.2, -0.15) is 0 Å². The molecule has 0 atom stereocenters. The van der Waals surface area contributed by atoms with E-state index >= 15 is 0 Å². The Labute approximate surface area is 121 Å². The lowest BCUT2D eigenvalue weighted by molar-refractivity contribution is -0.117. The van der Waals surface area contributed by atoms with Crippen molar-refractivity contribution in [1.82, 2.24) is 10.3 Å². The summed E-state index contributed by atoms with van der Waals surface area (Å²) in [6.07, 6.45) is 0. The number of rotatable bonds is 4. The molecule has 0 fully saturated rings. The van der Waals surface area contributed by atoms with Crippen LogP contribution in [0.25, 0.3) is 10.9 Å². The van der Waals surface area contributed by atoms with E-state index in [4.69, 9.17) is 0 Å². The van der Waals surface area contributed by atoms with Gasteiger partial charge in [0.05, 0.1) is 5.69 Å². The van der Waals surface area contributed by atoms with Crippen LogP contribution in [0.15, 0.2) is 60.7 Å². The number of carbonyl (C=O) groups is 2. The average molecular weight is 278 g/mol. The minimum atomic E-state index is -0.606. The van der Waals surface area contributed by atoms with Crippen LogP contribution < -0.4 is 5.32 Å². The third kappa shape index (κ3) is 2.84. The van der Waals surface area contributed by atoms with Gasteiger partial charge in [0.1, 0.15) is 0 Å². The number of benzene rings is 2. The molecule has 21 heavy (non-hydrogen) atoms. The van der Waals surface area contributed by atoms with Gasteiger partial charge in [-0.1, -0.05) is 48.5 Å². The first-order valence-electron chi connectivity index (χ1n) is 6.68. The summed E-state index contributed by atoms with van der Waals surface area (Å²) in [5, 5.41) is 3.55. The number of aromatic nitrogens is 1. The van der Waals surface area contributed by atoms with Crippen LogP contribution in [0.1, 0.15) is 16.1 Å². The molecule has 4 nitrogen and oxygen atoms in total. The lowest BCUT2D eigenvalue weighted by Gasteiger charge is -2.03. The molecule has 0 radical (unpaired) electrons. The first-order valence-corrected chi connectivity index (χ1v) is 6.68. The second-order valence-electron chi connectivity index (χ2n) is 4.77. The first kappa shape index (κ1) is 13.1. The molecule has 2 N–H and O–H groups in total. The Morgan fingerprint density at radius 3 is 2.43 bits per heavy atom. The van der Waals surface area contributed by atoms with Gasteiger partial charge in [0.25, 0.3) is 11.7 Å². The smallest absolute Gasteiger partial charge is 0.294 e. The van der Waals surface area contributed by atoms with E-state index in [1.807, 2.05) is 54.6 Å². The molecule has 0 saturated carbocycles. The highest BCUT2D eigenvalue weighted by molar-refractivity contribution is 6.42. The summed E-state index contributed by atoms with van der Waals surface area (Å²) in [4.78, 5) is 27.0. The van der Waals surface area contributed by atoms with E-state index in [-0.39, 0.29) is 0 Å². The van der Waals surface area contributed by atoms with Gasteiger partial charge in [0.2, 0.25) is 0 Å². The number of fused-ring (bicyclic) bond motifs is 1. The zero-order chi connectivity index (χ0) is 14.7. The highest BCUT2D eigenvalue weighted by Crippen LogP contribution is 2.15. The second-order valence-corrected chi connectivity index (χ2v) is 4.77. The lowest BCUT2D eigenvalue weighted by Crippen LogP contribution is -2.30. The standard InChI is InChI=1S/C17H14N2O2/c20-16(15-10-13-8-4-5-9-14(13)19-15)17(21)18-11-12-6-2-1-3-7-12/h1-10,19H,11H2,(H,18,21). The Balaban J connectivity index is 1.71. The molecule has 2 aromatic carbocycles. The summed E-state index contributed by atoms with van der Waals surface area (Å²) in [5.41, 5.74) is 2.11. The van der Waals surface area contributed by atoms with Crippen molar-refractivity contribution < 1.29 is 9.59 Å². The molecule has 3 rings (SSSR count). The molecule has 4 heteroatoms. The number of amides is 1. The number of para-hydroxylation sites is 1. The molecule has 0 bridgehead atoms. The summed E-state index contributed by atoms with van der Waals surface area (Å²) in [7, 11) is 0. The fourth-order valence-electron chi connectivity index (χ4n) is 2.18. The van der Waals surface area contributed by atoms with E-state index in [0.717, 1.165) is 16.5 Å². The van der Waals surface area contributed by atoms with Crippen molar-refractivity contribution in [3.63, 3.8) is 0 Å². The number of carbonyl (C=O) groups excluding carboxylic acids is 2. The van der Waals surface area contributed by atoms with Gasteiger partial charge in [0, 0.05) is 17.4 Å². The van der Waals surface area contributed by atoms with Crippen LogP contribution in [0.5, 0.6) is 0 Å². The van der Waals surface area contributed by atoms with Crippen LogP contribution in [0.2, 0.25) is 0 Å². The van der Waals surface area contributed by atoms with E-state index in [1.54, 1.807) is 6.07 Å². The van der Waals surface area contributed by atoms with Gasteiger partial charge in [0.15, 0.2) is 0 Å². The molecule has 0 spiro atoms. The average Bonchev–Trinajstić information content (AvgIpc) is 2.97. The Kier molecular flexibility index (Phi) is 3.51. The quantitative estimate of drug-likeness (QED) is 0.569. The van der Waals surface area contributed by atoms with E-state index < -0.39 is 11.7 Å². The molecule has 1 heterocycles. The molecule has 3 aromatic rings. The molecule has 1 aromatic heterocycles. The first-order chi connectivity index (χ1) is 10.2. The summed E-state index contributed by atoms with van der Waals surface area (Å²) in [6, 6.07) is 18.7. The van der Waals surface area contributed by atoms with Crippen LogP contribution >= 0.6 is 0 Å². The van der Waals surface area contributed by atoms with Crippen molar-refractivity contribution in [2.24, 2.45) is 0 Å². The van der Waals surface area contributed by atoms with Crippen LogP contribution in [-0.4, -0.2) is 16.7 Å². The molecule has 0 aliphatic rings. The highest BCUT2D eigenvalue weighted by Gasteiger charge is 2.17. The zero-order valence-electron chi connectivity index (χ0n) is 11.3. The monoisotopic (exact) mass is 278 g/mol. The van der Waals surface area contributed by atoms with Crippen molar-refractivity contribution in [1.29, 1.82) is 0 Å². The van der Waals surface area contributed by atoms with Crippen molar-refractivity contribution >= 4 is 22.6 Å². The van der Waals surface area contributed by atoms with Gasteiger partial charge >= 0.3 is 0 Å². The lowest BCUT2D eigenvalue weighted by atomic mass is 10.2. The number of hydrogen-bond donors (Lipinski definition) is 2. The number of H-pyrrole nitrogens is 1. The van der Waals surface area contributed by atoms with E-state index in [2.05, 4.69) is 10.3 Å². The van der Waals surface area contributed by atoms with E-state index in [9.17, 15) is 9.59 Å². The second kappa shape index (κ2) is 5.63. The fourth-order valence-corrected chi connectivity index (χ4v) is 2.18. The van der Waals surface area contributed by atoms with Crippen LogP contribution in [0.3, 0.4) is 0 Å². The minimum Gasteiger partial charge on any atom is -0.352 e. The molecular formula is C17H14N2O2. The van der Waals surface area contributed by atoms with Crippen LogP contribution in [0, 0.1) is 0 Å². The molecule has 1 amide bonds. The van der Waals surface area contributed by atoms with E-state index in [1.165, 1.54) is 0 Å². The largest absolute Gasteiger partial charge is 0.352 e. The third-order valence-electron chi connectivity index (χ3n) is 3.28. The minimum absolute atomic E-state index is 0.307.